The van der Waals surface area contributed by atoms with E-state index in [1.54, 1.807) is 31.2 Å². The van der Waals surface area contributed by atoms with E-state index in [4.69, 9.17) is 23.7 Å². The molecule has 2 amide bonds. The maximum absolute atomic E-state index is 12.2. The summed E-state index contributed by atoms with van der Waals surface area (Å²) in [5.41, 5.74) is -0.820. The SMILES string of the molecule is C=C(C)OCCOCCOCCOCCOCCC12C=CC=CC1C(=O)NC2=O. The summed E-state index contributed by atoms with van der Waals surface area (Å²) in [6.45, 7) is 9.63. The highest BCUT2D eigenvalue weighted by atomic mass is 16.6. The molecule has 8 heteroatoms. The minimum absolute atomic E-state index is 0.246. The highest BCUT2D eigenvalue weighted by Gasteiger charge is 2.52. The van der Waals surface area contributed by atoms with Crippen molar-refractivity contribution in [3.63, 3.8) is 0 Å². The molecule has 2 unspecified atom stereocenters. The Kier molecular flexibility index (Phi) is 10.1. The molecule has 0 aromatic rings. The van der Waals surface area contributed by atoms with Crippen LogP contribution in [-0.2, 0) is 33.3 Å². The fourth-order valence-corrected chi connectivity index (χ4v) is 3.15. The molecule has 0 aromatic carbocycles. The second-order valence-electron chi connectivity index (χ2n) is 6.83. The van der Waals surface area contributed by atoms with E-state index in [9.17, 15) is 9.59 Å². The molecule has 0 bridgehead atoms. The number of hydrogen-bond acceptors (Lipinski definition) is 7. The van der Waals surface area contributed by atoms with Crippen molar-refractivity contribution in [2.24, 2.45) is 11.3 Å². The summed E-state index contributed by atoms with van der Waals surface area (Å²) in [5, 5.41) is 2.41. The number of fused-ring (bicyclic) bond motifs is 1. The molecule has 0 saturated carbocycles. The zero-order valence-corrected chi connectivity index (χ0v) is 17.0. The monoisotopic (exact) mass is 409 g/mol. The molecular formula is C21H31NO7. The lowest BCUT2D eigenvalue weighted by atomic mass is 9.72. The van der Waals surface area contributed by atoms with Crippen LogP contribution in [0.5, 0.6) is 0 Å². The summed E-state index contributed by atoms with van der Waals surface area (Å²) in [6, 6.07) is 0. The molecule has 1 heterocycles. The number of rotatable bonds is 16. The van der Waals surface area contributed by atoms with Gasteiger partial charge in [0.2, 0.25) is 11.8 Å². The van der Waals surface area contributed by atoms with Crippen LogP contribution in [-0.4, -0.2) is 71.3 Å². The third-order valence-corrected chi connectivity index (χ3v) is 4.66. The van der Waals surface area contributed by atoms with E-state index >= 15 is 0 Å². The highest BCUT2D eigenvalue weighted by molar-refractivity contribution is 6.09. The normalized spacial score (nSPS) is 22.6. The summed E-state index contributed by atoms with van der Waals surface area (Å²) in [4.78, 5) is 24.1. The van der Waals surface area contributed by atoms with E-state index in [-0.39, 0.29) is 11.8 Å². The van der Waals surface area contributed by atoms with Crippen LogP contribution in [0.1, 0.15) is 13.3 Å². The number of hydrogen-bond donors (Lipinski definition) is 1. The van der Waals surface area contributed by atoms with Crippen molar-refractivity contribution in [2.45, 2.75) is 13.3 Å². The summed E-state index contributed by atoms with van der Waals surface area (Å²) < 4.78 is 26.9. The Labute approximate surface area is 171 Å². The molecule has 2 rings (SSSR count). The third kappa shape index (κ3) is 7.40. The second-order valence-corrected chi connectivity index (χ2v) is 6.83. The van der Waals surface area contributed by atoms with Gasteiger partial charge in [-0.15, -0.1) is 0 Å². The average Bonchev–Trinajstić information content (AvgIpc) is 2.95. The fraction of sp³-hybridized carbons (Fsp3) is 0.619. The van der Waals surface area contributed by atoms with Crippen molar-refractivity contribution in [2.75, 3.05) is 59.5 Å². The number of imide groups is 1. The summed E-state index contributed by atoms with van der Waals surface area (Å²) in [5.74, 6) is -0.265. The van der Waals surface area contributed by atoms with Crippen LogP contribution in [0, 0.1) is 11.3 Å². The van der Waals surface area contributed by atoms with Gasteiger partial charge in [0.05, 0.1) is 63.3 Å². The van der Waals surface area contributed by atoms with Gasteiger partial charge in [0, 0.05) is 6.61 Å². The Hall–Kier alpha value is -2.00. The van der Waals surface area contributed by atoms with Crippen LogP contribution in [0.3, 0.4) is 0 Å². The van der Waals surface area contributed by atoms with E-state index in [1.165, 1.54) is 0 Å². The van der Waals surface area contributed by atoms with Gasteiger partial charge in [0.25, 0.3) is 0 Å². The van der Waals surface area contributed by atoms with Gasteiger partial charge in [-0.05, 0) is 13.3 Å². The van der Waals surface area contributed by atoms with Crippen molar-refractivity contribution < 1.29 is 33.3 Å². The van der Waals surface area contributed by atoms with Crippen molar-refractivity contribution in [1.82, 2.24) is 5.32 Å². The van der Waals surface area contributed by atoms with Gasteiger partial charge in [0.15, 0.2) is 0 Å². The van der Waals surface area contributed by atoms with Crippen molar-refractivity contribution in [3.05, 3.63) is 36.6 Å². The van der Waals surface area contributed by atoms with Crippen molar-refractivity contribution >= 4 is 11.8 Å². The van der Waals surface area contributed by atoms with Gasteiger partial charge in [0.1, 0.15) is 6.61 Å². The molecule has 8 nitrogen and oxygen atoms in total. The molecular weight excluding hydrogens is 378 g/mol. The molecule has 0 radical (unpaired) electrons. The average molecular weight is 409 g/mol. The fourth-order valence-electron chi connectivity index (χ4n) is 3.15. The van der Waals surface area contributed by atoms with Gasteiger partial charge >= 0.3 is 0 Å². The van der Waals surface area contributed by atoms with Crippen molar-refractivity contribution in [3.8, 4) is 0 Å². The van der Waals surface area contributed by atoms with E-state index in [0.717, 1.165) is 0 Å². The number of carbonyl (C=O) groups is 2. The second kappa shape index (κ2) is 12.5. The number of ether oxygens (including phenoxy) is 5. The van der Waals surface area contributed by atoms with Crippen LogP contribution >= 0.6 is 0 Å². The minimum Gasteiger partial charge on any atom is -0.496 e. The minimum atomic E-state index is -0.820. The maximum atomic E-state index is 12.2. The zero-order valence-electron chi connectivity index (χ0n) is 17.0. The van der Waals surface area contributed by atoms with Crippen molar-refractivity contribution in [1.29, 1.82) is 0 Å². The van der Waals surface area contributed by atoms with Crippen LogP contribution in [0.2, 0.25) is 0 Å². The predicted octanol–water partition coefficient (Wildman–Crippen LogP) is 1.38. The van der Waals surface area contributed by atoms with Gasteiger partial charge in [-0.3, -0.25) is 14.9 Å². The number of allylic oxidation sites excluding steroid dienone is 3. The Morgan fingerprint density at radius 3 is 2.07 bits per heavy atom. The van der Waals surface area contributed by atoms with Gasteiger partial charge < -0.3 is 23.7 Å². The van der Waals surface area contributed by atoms with Crippen LogP contribution in [0.15, 0.2) is 36.6 Å². The first-order valence-electron chi connectivity index (χ1n) is 9.87. The number of nitrogens with one attached hydrogen (secondary N) is 1. The molecule has 1 fully saturated rings. The quantitative estimate of drug-likeness (QED) is 0.234. The summed E-state index contributed by atoms with van der Waals surface area (Å²) in [7, 11) is 0. The van der Waals surface area contributed by atoms with E-state index in [2.05, 4.69) is 11.9 Å². The van der Waals surface area contributed by atoms with E-state index in [1.807, 2.05) is 0 Å². The Bertz CT molecular complexity index is 616. The standard InChI is InChI=1S/C21H31NO7/c1-17(2)29-16-15-28-14-13-27-12-11-26-10-9-25-8-7-21-6-4-3-5-18(21)19(23)22-20(21)24/h3-6,18H,1,7-16H2,2H3,(H,22,23,24). The first kappa shape index (κ1) is 23.3. The van der Waals surface area contributed by atoms with E-state index in [0.29, 0.717) is 71.6 Å². The zero-order chi connectivity index (χ0) is 21.0. The van der Waals surface area contributed by atoms with Crippen LogP contribution in [0.25, 0.3) is 0 Å². The van der Waals surface area contributed by atoms with Gasteiger partial charge in [-0.2, -0.15) is 0 Å². The third-order valence-electron chi connectivity index (χ3n) is 4.66. The molecule has 1 saturated heterocycles. The molecule has 1 N–H and O–H groups in total. The smallest absolute Gasteiger partial charge is 0.237 e. The summed E-state index contributed by atoms with van der Waals surface area (Å²) in [6.07, 6.45) is 7.62. The topological polar surface area (TPSA) is 92.3 Å². The highest BCUT2D eigenvalue weighted by Crippen LogP contribution is 2.41. The maximum Gasteiger partial charge on any atom is 0.237 e. The number of carbonyl (C=O) groups excluding carboxylic acids is 2. The van der Waals surface area contributed by atoms with Crippen LogP contribution < -0.4 is 5.32 Å². The van der Waals surface area contributed by atoms with E-state index < -0.39 is 11.3 Å². The lowest BCUT2D eigenvalue weighted by Crippen LogP contribution is -2.35. The van der Waals surface area contributed by atoms with Gasteiger partial charge in [-0.25, -0.2) is 0 Å². The van der Waals surface area contributed by atoms with Crippen LogP contribution in [0.4, 0.5) is 0 Å². The molecule has 1 aliphatic heterocycles. The largest absolute Gasteiger partial charge is 0.496 e. The Morgan fingerprint density at radius 1 is 0.931 bits per heavy atom. The first-order valence-corrected chi connectivity index (χ1v) is 9.87. The molecule has 0 spiro atoms. The summed E-state index contributed by atoms with van der Waals surface area (Å²) >= 11 is 0. The first-order chi connectivity index (χ1) is 14.1. The lowest BCUT2D eigenvalue weighted by molar-refractivity contribution is -0.127. The Balaban J connectivity index is 1.42. The van der Waals surface area contributed by atoms with Gasteiger partial charge in [-0.1, -0.05) is 30.9 Å². The molecule has 29 heavy (non-hydrogen) atoms. The molecule has 1 aliphatic carbocycles. The molecule has 0 aromatic heterocycles. The number of amides is 2. The Morgan fingerprint density at radius 2 is 1.48 bits per heavy atom. The molecule has 2 atom stereocenters. The lowest BCUT2D eigenvalue weighted by Gasteiger charge is -2.28. The predicted molar refractivity (Wildman–Crippen MR) is 106 cm³/mol. The molecule has 2 aliphatic rings. The molecule has 162 valence electrons.